The molecule has 9 heteroatoms. The second kappa shape index (κ2) is 12.0. The van der Waals surface area contributed by atoms with Gasteiger partial charge in [-0.05, 0) is 38.3 Å². The van der Waals surface area contributed by atoms with Gasteiger partial charge in [-0.1, -0.05) is 51.1 Å². The minimum absolute atomic E-state index is 0.0975. The summed E-state index contributed by atoms with van der Waals surface area (Å²) in [6, 6.07) is 1.66. The molecule has 4 unspecified atom stereocenters. The number of aryl methyl sites for hydroxylation is 1. The number of ketones is 1. The molecule has 0 bridgehead atoms. The normalized spacial score (nSPS) is 29.8. The average molecular weight is 512 g/mol. The molecule has 200 valence electrons. The van der Waals surface area contributed by atoms with Gasteiger partial charge in [0, 0.05) is 41.7 Å². The summed E-state index contributed by atoms with van der Waals surface area (Å²) in [6.45, 7) is 10.0. The van der Waals surface area contributed by atoms with Crippen molar-refractivity contribution >= 4 is 17.8 Å². The number of carbonyl (C=O) groups is 2. The molecular formula is C27H36F3NO5. The van der Waals surface area contributed by atoms with Crippen molar-refractivity contribution in [2.75, 3.05) is 0 Å². The van der Waals surface area contributed by atoms with Crippen LogP contribution in [0.2, 0.25) is 0 Å². The summed E-state index contributed by atoms with van der Waals surface area (Å²) in [4.78, 5) is 25.8. The van der Waals surface area contributed by atoms with Gasteiger partial charge in [0.05, 0.1) is 6.10 Å². The zero-order chi connectivity index (χ0) is 27.3. The third kappa shape index (κ3) is 8.18. The number of carbonyl (C=O) groups excluding carboxylic acids is 2. The van der Waals surface area contributed by atoms with Crippen LogP contribution in [-0.4, -0.2) is 40.4 Å². The van der Waals surface area contributed by atoms with Gasteiger partial charge in [-0.2, -0.15) is 13.2 Å². The summed E-state index contributed by atoms with van der Waals surface area (Å²) in [5, 5.41) is 14.5. The topological polar surface area (TPSA) is 89.6 Å². The number of hydrogen-bond acceptors (Lipinski definition) is 6. The summed E-state index contributed by atoms with van der Waals surface area (Å²) in [7, 11) is 0. The van der Waals surface area contributed by atoms with Crippen LogP contribution in [0.1, 0.15) is 71.8 Å². The van der Waals surface area contributed by atoms with E-state index in [1.165, 1.54) is 12.2 Å². The number of esters is 1. The number of hydrogen-bond donors (Lipinski definition) is 1. The fourth-order valence-corrected chi connectivity index (χ4v) is 4.18. The molecule has 0 fully saturated rings. The van der Waals surface area contributed by atoms with E-state index in [0.717, 1.165) is 6.08 Å². The number of rotatable bonds is 2. The standard InChI is InChI=1S/C27H36F3NO5/c1-16-8-7-9-20(27(28,29)30)10-11-22(17(2)14-21-15-18(3)36-31-21)35-23(32)12-13-26(5,6)25(34)19(4)24(16)33/h7-8,10,14-16,19,22,24,33H,9,11-13H2,1-6H3/b8-7+,17-14+,20-10+. The predicted molar refractivity (Wildman–Crippen MR) is 130 cm³/mol. The highest BCUT2D eigenvalue weighted by Crippen LogP contribution is 2.33. The first-order chi connectivity index (χ1) is 16.6. The number of halogens is 3. The molecule has 2 rings (SSSR count). The van der Waals surface area contributed by atoms with Crippen LogP contribution in [0.15, 0.2) is 40.0 Å². The third-order valence-corrected chi connectivity index (χ3v) is 6.61. The molecule has 36 heavy (non-hydrogen) atoms. The highest BCUT2D eigenvalue weighted by atomic mass is 19.4. The molecular weight excluding hydrogens is 475 g/mol. The van der Waals surface area contributed by atoms with Crippen LogP contribution in [0.25, 0.3) is 6.08 Å². The number of nitrogens with zero attached hydrogens (tertiary/aromatic N) is 1. The fourth-order valence-electron chi connectivity index (χ4n) is 4.18. The highest BCUT2D eigenvalue weighted by Gasteiger charge is 2.37. The van der Waals surface area contributed by atoms with Crippen molar-refractivity contribution in [3.63, 3.8) is 0 Å². The number of cyclic esters (lactones) is 1. The first kappa shape index (κ1) is 29.5. The highest BCUT2D eigenvalue weighted by molar-refractivity contribution is 5.87. The SMILES string of the molecule is C/C(=C\c1cc(C)on1)C1C/C=C(/C(F)(F)F)C/C=C/C(C)C(O)C(C)C(=O)C(C)(C)CCC(=O)O1. The lowest BCUT2D eigenvalue weighted by molar-refractivity contribution is -0.148. The van der Waals surface area contributed by atoms with Crippen molar-refractivity contribution < 1.29 is 37.1 Å². The molecule has 0 aliphatic carbocycles. The Labute approximate surface area is 210 Å². The lowest BCUT2D eigenvalue weighted by Gasteiger charge is -2.30. The van der Waals surface area contributed by atoms with E-state index >= 15 is 0 Å². The smallest absolute Gasteiger partial charge is 0.412 e. The van der Waals surface area contributed by atoms with E-state index in [4.69, 9.17) is 9.26 Å². The number of aliphatic hydroxyl groups is 1. The van der Waals surface area contributed by atoms with Crippen LogP contribution in [0, 0.1) is 24.2 Å². The average Bonchev–Trinajstić information content (AvgIpc) is 3.20. The molecule has 1 aliphatic heterocycles. The van der Waals surface area contributed by atoms with Crippen molar-refractivity contribution in [1.29, 1.82) is 0 Å². The van der Waals surface area contributed by atoms with Gasteiger partial charge >= 0.3 is 12.1 Å². The second-order valence-electron chi connectivity index (χ2n) is 10.2. The Morgan fingerprint density at radius 3 is 2.50 bits per heavy atom. The second-order valence-corrected chi connectivity index (χ2v) is 10.2. The Kier molecular flexibility index (Phi) is 9.88. The maximum absolute atomic E-state index is 13.7. The Balaban J connectivity index is 2.45. The zero-order valence-electron chi connectivity index (χ0n) is 21.7. The number of Topliss-reactive ketones (excluding diaryl/α,β-unsaturated/α-hetero) is 1. The van der Waals surface area contributed by atoms with Crippen molar-refractivity contribution in [2.24, 2.45) is 17.3 Å². The monoisotopic (exact) mass is 511 g/mol. The molecule has 0 radical (unpaired) electrons. The van der Waals surface area contributed by atoms with Crippen molar-refractivity contribution in [3.8, 4) is 0 Å². The van der Waals surface area contributed by atoms with Crippen LogP contribution < -0.4 is 0 Å². The van der Waals surface area contributed by atoms with Crippen LogP contribution in [-0.2, 0) is 14.3 Å². The summed E-state index contributed by atoms with van der Waals surface area (Å²) in [6.07, 6.45) is -1.64. The number of ether oxygens (including phenoxy) is 1. The first-order valence-electron chi connectivity index (χ1n) is 12.1. The van der Waals surface area contributed by atoms with Gasteiger partial charge in [0.2, 0.25) is 0 Å². The molecule has 0 aromatic carbocycles. The van der Waals surface area contributed by atoms with Gasteiger partial charge in [0.1, 0.15) is 23.3 Å². The summed E-state index contributed by atoms with van der Waals surface area (Å²) in [5.41, 5.74) is -0.720. The summed E-state index contributed by atoms with van der Waals surface area (Å²) >= 11 is 0. The van der Waals surface area contributed by atoms with Gasteiger partial charge in [0.25, 0.3) is 0 Å². The Hall–Kier alpha value is -2.68. The molecule has 1 aliphatic rings. The van der Waals surface area contributed by atoms with Crippen LogP contribution in [0.5, 0.6) is 0 Å². The van der Waals surface area contributed by atoms with Crippen molar-refractivity contribution in [1.82, 2.24) is 5.16 Å². The minimum Gasteiger partial charge on any atom is -0.457 e. The number of aromatic nitrogens is 1. The first-order valence-corrected chi connectivity index (χ1v) is 12.1. The number of aliphatic hydroxyl groups excluding tert-OH is 1. The Morgan fingerprint density at radius 1 is 1.25 bits per heavy atom. The van der Waals surface area contributed by atoms with Crippen molar-refractivity contribution in [2.45, 2.75) is 85.6 Å². The maximum atomic E-state index is 13.7. The van der Waals surface area contributed by atoms with E-state index in [1.807, 2.05) is 0 Å². The number of allylic oxidation sites excluding steroid dienone is 2. The lowest BCUT2D eigenvalue weighted by Crippen LogP contribution is -2.38. The van der Waals surface area contributed by atoms with Crippen LogP contribution in [0.3, 0.4) is 0 Å². The summed E-state index contributed by atoms with van der Waals surface area (Å²) in [5.74, 6) is -1.57. The zero-order valence-corrected chi connectivity index (χ0v) is 21.7. The van der Waals surface area contributed by atoms with Gasteiger partial charge in [0.15, 0.2) is 0 Å². The quantitative estimate of drug-likeness (QED) is 0.379. The van der Waals surface area contributed by atoms with E-state index in [1.54, 1.807) is 53.7 Å². The molecule has 0 spiro atoms. The van der Waals surface area contributed by atoms with E-state index in [-0.39, 0.29) is 25.0 Å². The summed E-state index contributed by atoms with van der Waals surface area (Å²) < 4.78 is 51.8. The molecule has 4 atom stereocenters. The molecule has 1 aromatic rings. The molecule has 6 nitrogen and oxygen atoms in total. The largest absolute Gasteiger partial charge is 0.457 e. The number of alkyl halides is 3. The molecule has 1 aromatic heterocycles. The van der Waals surface area contributed by atoms with E-state index in [2.05, 4.69) is 5.16 Å². The predicted octanol–water partition coefficient (Wildman–Crippen LogP) is 6.15. The van der Waals surface area contributed by atoms with Crippen LogP contribution >= 0.6 is 0 Å². The van der Waals surface area contributed by atoms with Gasteiger partial charge in [-0.3, -0.25) is 9.59 Å². The van der Waals surface area contributed by atoms with Crippen molar-refractivity contribution in [3.05, 3.63) is 46.9 Å². The van der Waals surface area contributed by atoms with Gasteiger partial charge in [-0.15, -0.1) is 0 Å². The molecule has 0 saturated carbocycles. The minimum atomic E-state index is -4.58. The molecule has 0 amide bonds. The van der Waals surface area contributed by atoms with Crippen LogP contribution in [0.4, 0.5) is 13.2 Å². The molecule has 1 N–H and O–H groups in total. The van der Waals surface area contributed by atoms with Gasteiger partial charge in [-0.25, -0.2) is 0 Å². The van der Waals surface area contributed by atoms with Gasteiger partial charge < -0.3 is 14.4 Å². The molecule has 0 saturated heterocycles. The molecule has 2 heterocycles. The Morgan fingerprint density at radius 2 is 1.92 bits per heavy atom. The van der Waals surface area contributed by atoms with E-state index in [9.17, 15) is 27.9 Å². The van der Waals surface area contributed by atoms with E-state index in [0.29, 0.717) is 17.0 Å². The fraction of sp³-hybridized carbons (Fsp3) is 0.593. The maximum Gasteiger partial charge on any atom is 0.412 e. The van der Waals surface area contributed by atoms with E-state index < -0.39 is 53.6 Å². The Bertz CT molecular complexity index is 1020. The lowest BCUT2D eigenvalue weighted by atomic mass is 9.75. The third-order valence-electron chi connectivity index (χ3n) is 6.61.